The highest BCUT2D eigenvalue weighted by molar-refractivity contribution is 7.89. The van der Waals surface area contributed by atoms with Crippen LogP contribution in [0.5, 0.6) is 11.5 Å². The third-order valence-electron chi connectivity index (χ3n) is 5.16. The van der Waals surface area contributed by atoms with Crippen molar-refractivity contribution in [1.29, 1.82) is 0 Å². The highest BCUT2D eigenvalue weighted by atomic mass is 32.2. The number of carbonyl (C=O) groups excluding carboxylic acids is 1. The predicted molar refractivity (Wildman–Crippen MR) is 111 cm³/mol. The molecule has 1 fully saturated rings. The molecule has 0 radical (unpaired) electrons. The lowest BCUT2D eigenvalue weighted by Crippen LogP contribution is -2.35. The Morgan fingerprint density at radius 2 is 1.77 bits per heavy atom. The SMILES string of the molecule is C/C(=N\NC(=O)c1cccc(S(=O)(=O)N2CCCCC2)c1)c1ccc2c(c1)OCO2. The van der Waals surface area contributed by atoms with Crippen molar-refractivity contribution in [2.75, 3.05) is 19.9 Å². The fourth-order valence-electron chi connectivity index (χ4n) is 3.44. The van der Waals surface area contributed by atoms with Gasteiger partial charge in [0.25, 0.3) is 5.91 Å². The normalized spacial score (nSPS) is 17.0. The summed E-state index contributed by atoms with van der Waals surface area (Å²) < 4.78 is 37.8. The first-order valence-corrected chi connectivity index (χ1v) is 11.2. The monoisotopic (exact) mass is 429 g/mol. The molecule has 1 N–H and O–H groups in total. The Morgan fingerprint density at radius 1 is 1.00 bits per heavy atom. The van der Waals surface area contributed by atoms with Crippen LogP contribution in [0, 0.1) is 0 Å². The number of hydrazone groups is 1. The number of rotatable bonds is 5. The van der Waals surface area contributed by atoms with Crippen molar-refractivity contribution in [3.63, 3.8) is 0 Å². The first-order chi connectivity index (χ1) is 14.4. The summed E-state index contributed by atoms with van der Waals surface area (Å²) in [6.45, 7) is 2.97. The average molecular weight is 429 g/mol. The molecule has 1 amide bonds. The molecule has 0 aromatic heterocycles. The molecular formula is C21H23N3O5S. The second-order valence-corrected chi connectivity index (χ2v) is 9.14. The Bertz CT molecular complexity index is 1090. The van der Waals surface area contributed by atoms with Crippen molar-refractivity contribution < 1.29 is 22.7 Å². The van der Waals surface area contributed by atoms with Gasteiger partial charge in [0, 0.05) is 24.2 Å². The van der Waals surface area contributed by atoms with Crippen LogP contribution in [0.25, 0.3) is 0 Å². The number of nitrogens with one attached hydrogen (secondary N) is 1. The minimum atomic E-state index is -3.61. The van der Waals surface area contributed by atoms with Crippen molar-refractivity contribution in [2.45, 2.75) is 31.1 Å². The molecule has 0 atom stereocenters. The standard InChI is InChI=1S/C21H23N3O5S/c1-15(16-8-9-19-20(13-16)29-14-28-19)22-23-21(25)17-6-5-7-18(12-17)30(26,27)24-10-3-2-4-11-24/h5-9,12-13H,2-4,10-11,14H2,1H3,(H,23,25)/b22-15+. The first kappa shape index (κ1) is 20.4. The topological polar surface area (TPSA) is 97.3 Å². The number of benzene rings is 2. The zero-order valence-corrected chi connectivity index (χ0v) is 17.4. The maximum atomic E-state index is 12.9. The van der Waals surface area contributed by atoms with E-state index in [2.05, 4.69) is 10.5 Å². The third-order valence-corrected chi connectivity index (χ3v) is 7.06. The summed E-state index contributed by atoms with van der Waals surface area (Å²) in [5, 5.41) is 4.14. The molecule has 1 saturated heterocycles. The molecular weight excluding hydrogens is 406 g/mol. The van der Waals surface area contributed by atoms with E-state index in [1.54, 1.807) is 31.2 Å². The zero-order valence-electron chi connectivity index (χ0n) is 16.6. The van der Waals surface area contributed by atoms with Crippen LogP contribution in [-0.4, -0.2) is 44.2 Å². The van der Waals surface area contributed by atoms with Crippen LogP contribution >= 0.6 is 0 Å². The van der Waals surface area contributed by atoms with E-state index >= 15 is 0 Å². The van der Waals surface area contributed by atoms with Gasteiger partial charge in [0.05, 0.1) is 10.6 Å². The summed E-state index contributed by atoms with van der Waals surface area (Å²) in [6.07, 6.45) is 2.75. The van der Waals surface area contributed by atoms with Crippen LogP contribution in [0.3, 0.4) is 0 Å². The maximum Gasteiger partial charge on any atom is 0.271 e. The quantitative estimate of drug-likeness (QED) is 0.582. The molecule has 0 saturated carbocycles. The van der Waals surface area contributed by atoms with E-state index in [1.807, 2.05) is 6.07 Å². The van der Waals surface area contributed by atoms with E-state index in [0.29, 0.717) is 30.3 Å². The fraction of sp³-hybridized carbons (Fsp3) is 0.333. The van der Waals surface area contributed by atoms with E-state index in [4.69, 9.17) is 9.47 Å². The van der Waals surface area contributed by atoms with Gasteiger partial charge in [0.15, 0.2) is 11.5 Å². The van der Waals surface area contributed by atoms with Gasteiger partial charge in [-0.05, 0) is 56.2 Å². The summed E-state index contributed by atoms with van der Waals surface area (Å²) in [7, 11) is -3.61. The van der Waals surface area contributed by atoms with Gasteiger partial charge in [-0.3, -0.25) is 4.79 Å². The molecule has 2 heterocycles. The lowest BCUT2D eigenvalue weighted by Gasteiger charge is -2.25. The molecule has 2 aromatic carbocycles. The van der Waals surface area contributed by atoms with Crippen molar-refractivity contribution in [2.24, 2.45) is 5.10 Å². The van der Waals surface area contributed by atoms with E-state index in [0.717, 1.165) is 24.8 Å². The van der Waals surface area contributed by atoms with Crippen LogP contribution in [0.4, 0.5) is 0 Å². The van der Waals surface area contributed by atoms with Gasteiger partial charge in [0.1, 0.15) is 0 Å². The third kappa shape index (κ3) is 4.17. The zero-order chi connectivity index (χ0) is 21.1. The lowest BCUT2D eigenvalue weighted by atomic mass is 10.1. The van der Waals surface area contributed by atoms with Gasteiger partial charge in [-0.1, -0.05) is 12.5 Å². The van der Waals surface area contributed by atoms with Gasteiger partial charge in [-0.2, -0.15) is 9.41 Å². The number of ether oxygens (including phenoxy) is 2. The molecule has 0 spiro atoms. The molecule has 0 bridgehead atoms. The van der Waals surface area contributed by atoms with Gasteiger partial charge >= 0.3 is 0 Å². The molecule has 9 heteroatoms. The van der Waals surface area contributed by atoms with Crippen LogP contribution < -0.4 is 14.9 Å². The Kier molecular flexibility index (Phi) is 5.74. The number of hydrogen-bond acceptors (Lipinski definition) is 6. The summed E-state index contributed by atoms with van der Waals surface area (Å²) in [6, 6.07) is 11.4. The number of nitrogens with zero attached hydrogens (tertiary/aromatic N) is 2. The fourth-order valence-corrected chi connectivity index (χ4v) is 5.00. The molecule has 8 nitrogen and oxygen atoms in total. The number of carbonyl (C=O) groups is 1. The maximum absolute atomic E-state index is 12.9. The van der Waals surface area contributed by atoms with E-state index in [-0.39, 0.29) is 17.3 Å². The minimum absolute atomic E-state index is 0.119. The van der Waals surface area contributed by atoms with Crippen LogP contribution in [-0.2, 0) is 10.0 Å². The van der Waals surface area contributed by atoms with Crippen LogP contribution in [0.15, 0.2) is 52.5 Å². The van der Waals surface area contributed by atoms with E-state index < -0.39 is 15.9 Å². The van der Waals surface area contributed by atoms with Crippen LogP contribution in [0.2, 0.25) is 0 Å². The Morgan fingerprint density at radius 3 is 2.57 bits per heavy atom. The van der Waals surface area contributed by atoms with Gasteiger partial charge in [0.2, 0.25) is 16.8 Å². The average Bonchev–Trinajstić information content (AvgIpc) is 3.26. The number of fused-ring (bicyclic) bond motifs is 1. The van der Waals surface area contributed by atoms with Crippen molar-refractivity contribution in [1.82, 2.24) is 9.73 Å². The molecule has 2 aliphatic rings. The highest BCUT2D eigenvalue weighted by Crippen LogP contribution is 2.32. The largest absolute Gasteiger partial charge is 0.454 e. The summed E-state index contributed by atoms with van der Waals surface area (Å²) >= 11 is 0. The first-order valence-electron chi connectivity index (χ1n) is 9.80. The van der Waals surface area contributed by atoms with Crippen molar-refractivity contribution in [3.05, 3.63) is 53.6 Å². The second-order valence-electron chi connectivity index (χ2n) is 7.20. The lowest BCUT2D eigenvalue weighted by molar-refractivity contribution is 0.0954. The summed E-state index contributed by atoms with van der Waals surface area (Å²) in [5.41, 5.74) is 4.08. The molecule has 158 valence electrons. The number of hydrogen-bond donors (Lipinski definition) is 1. The Labute approximate surface area is 175 Å². The molecule has 0 unspecified atom stereocenters. The Balaban J connectivity index is 1.48. The molecule has 2 aliphatic heterocycles. The predicted octanol–water partition coefficient (Wildman–Crippen LogP) is 2.74. The summed E-state index contributed by atoms with van der Waals surface area (Å²) in [5.74, 6) is 0.817. The molecule has 0 aliphatic carbocycles. The number of piperidine rings is 1. The van der Waals surface area contributed by atoms with Crippen LogP contribution in [0.1, 0.15) is 42.1 Å². The smallest absolute Gasteiger partial charge is 0.271 e. The molecule has 2 aromatic rings. The molecule has 30 heavy (non-hydrogen) atoms. The second kappa shape index (κ2) is 8.45. The Hall–Kier alpha value is -2.91. The van der Waals surface area contributed by atoms with Gasteiger partial charge < -0.3 is 9.47 Å². The number of sulfonamides is 1. The highest BCUT2D eigenvalue weighted by Gasteiger charge is 2.26. The number of amides is 1. The van der Waals surface area contributed by atoms with Gasteiger partial charge in [-0.15, -0.1) is 0 Å². The molecule has 4 rings (SSSR count). The minimum Gasteiger partial charge on any atom is -0.454 e. The van der Waals surface area contributed by atoms with Crippen molar-refractivity contribution in [3.8, 4) is 11.5 Å². The van der Waals surface area contributed by atoms with Crippen molar-refractivity contribution >= 4 is 21.6 Å². The van der Waals surface area contributed by atoms with E-state index in [9.17, 15) is 13.2 Å². The van der Waals surface area contributed by atoms with E-state index in [1.165, 1.54) is 16.4 Å². The summed E-state index contributed by atoms with van der Waals surface area (Å²) in [4.78, 5) is 12.7. The van der Waals surface area contributed by atoms with Gasteiger partial charge in [-0.25, -0.2) is 13.8 Å².